The number of carbonyl (C=O) groups is 1. The maximum Gasteiger partial charge on any atom is 0.132 e. The summed E-state index contributed by atoms with van der Waals surface area (Å²) in [6.07, 6.45) is 17.0. The number of hydrogen-bond acceptors (Lipinski definition) is 1. The van der Waals surface area contributed by atoms with E-state index in [1.807, 2.05) is 0 Å². The molecule has 0 aromatic heterocycles. The van der Waals surface area contributed by atoms with E-state index in [9.17, 15) is 4.79 Å². The van der Waals surface area contributed by atoms with Gasteiger partial charge in [0.05, 0.1) is 0 Å². The van der Waals surface area contributed by atoms with E-state index in [0.717, 1.165) is 19.3 Å². The van der Waals surface area contributed by atoms with Crippen molar-refractivity contribution in [3.8, 4) is 0 Å². The van der Waals surface area contributed by atoms with E-state index in [-0.39, 0.29) is 0 Å². The van der Waals surface area contributed by atoms with E-state index in [1.165, 1.54) is 64.2 Å². The fourth-order valence-electron chi connectivity index (χ4n) is 2.31. The lowest BCUT2D eigenvalue weighted by Gasteiger charge is -2.02. The maximum absolute atomic E-state index is 11.3. The molecule has 0 aliphatic heterocycles. The Labute approximate surface area is 115 Å². The van der Waals surface area contributed by atoms with E-state index in [2.05, 4.69) is 13.8 Å². The monoisotopic (exact) mass is 253 g/mol. The molecule has 0 amide bonds. The summed E-state index contributed by atoms with van der Waals surface area (Å²) in [5, 5.41) is 0. The van der Waals surface area contributed by atoms with Crippen LogP contribution in [0.3, 0.4) is 0 Å². The molecule has 0 heterocycles. The van der Waals surface area contributed by atoms with Crippen LogP contribution in [0.4, 0.5) is 0 Å². The third-order valence-corrected chi connectivity index (χ3v) is 3.51. The molecule has 0 rings (SSSR count). The Balaban J connectivity index is 3.01. The summed E-state index contributed by atoms with van der Waals surface area (Å²) in [5.74, 6) is 0.404. The lowest BCUT2D eigenvalue weighted by molar-refractivity contribution is -0.119. The molecule has 0 atom stereocenters. The zero-order valence-corrected chi connectivity index (χ0v) is 12.5. The van der Waals surface area contributed by atoms with E-state index in [4.69, 9.17) is 0 Å². The van der Waals surface area contributed by atoms with Crippen molar-refractivity contribution < 1.29 is 4.79 Å². The van der Waals surface area contributed by atoms with Gasteiger partial charge in [0.1, 0.15) is 5.78 Å². The summed E-state index contributed by atoms with van der Waals surface area (Å²) >= 11 is 0. The van der Waals surface area contributed by atoms with Crippen molar-refractivity contribution in [3.63, 3.8) is 0 Å². The summed E-state index contributed by atoms with van der Waals surface area (Å²) < 4.78 is 0. The molecule has 0 N–H and O–H groups in total. The molecule has 1 nitrogen and oxygen atoms in total. The number of carbonyl (C=O) groups excluding carboxylic acids is 1. The fraction of sp³-hybridized carbons (Fsp3) is 0.882. The van der Waals surface area contributed by atoms with Gasteiger partial charge in [-0.15, -0.1) is 0 Å². The first-order valence-corrected chi connectivity index (χ1v) is 8.12. The van der Waals surface area contributed by atoms with Gasteiger partial charge in [-0.1, -0.05) is 78.1 Å². The third kappa shape index (κ3) is 13.7. The highest BCUT2D eigenvalue weighted by Gasteiger charge is 1.99. The average Bonchev–Trinajstić information content (AvgIpc) is 2.36. The van der Waals surface area contributed by atoms with Gasteiger partial charge < -0.3 is 0 Å². The van der Waals surface area contributed by atoms with Crippen molar-refractivity contribution in [1.29, 1.82) is 0 Å². The summed E-state index contributed by atoms with van der Waals surface area (Å²) in [4.78, 5) is 11.3. The van der Waals surface area contributed by atoms with Crippen LogP contribution in [0.1, 0.15) is 96.8 Å². The zero-order valence-electron chi connectivity index (χ0n) is 12.5. The van der Waals surface area contributed by atoms with Crippen molar-refractivity contribution >= 4 is 5.78 Å². The largest absolute Gasteiger partial charge is 0.300 e. The van der Waals surface area contributed by atoms with E-state index in [0.29, 0.717) is 12.2 Å². The van der Waals surface area contributed by atoms with Crippen LogP contribution in [0, 0.1) is 6.92 Å². The quantitative estimate of drug-likeness (QED) is 0.354. The Bertz CT molecular complexity index is 174. The van der Waals surface area contributed by atoms with Crippen LogP contribution in [-0.2, 0) is 4.79 Å². The molecule has 0 bridgehead atoms. The molecule has 1 radical (unpaired) electrons. The molecular formula is C17H33O. The molecule has 0 aromatic carbocycles. The van der Waals surface area contributed by atoms with Crippen LogP contribution in [0.5, 0.6) is 0 Å². The first-order valence-electron chi connectivity index (χ1n) is 8.12. The lowest BCUT2D eigenvalue weighted by Crippen LogP contribution is -1.96. The van der Waals surface area contributed by atoms with E-state index in [1.54, 1.807) is 0 Å². The molecule has 0 fully saturated rings. The molecule has 18 heavy (non-hydrogen) atoms. The lowest BCUT2D eigenvalue weighted by atomic mass is 10.0. The summed E-state index contributed by atoms with van der Waals surface area (Å²) in [6.45, 7) is 5.98. The molecule has 0 saturated carbocycles. The van der Waals surface area contributed by atoms with Gasteiger partial charge >= 0.3 is 0 Å². The smallest absolute Gasteiger partial charge is 0.132 e. The van der Waals surface area contributed by atoms with Crippen LogP contribution < -0.4 is 0 Å². The van der Waals surface area contributed by atoms with Crippen molar-refractivity contribution in [3.05, 3.63) is 6.92 Å². The number of rotatable bonds is 14. The molecule has 0 saturated heterocycles. The second-order valence-electron chi connectivity index (χ2n) is 5.43. The van der Waals surface area contributed by atoms with Crippen LogP contribution in [0.2, 0.25) is 0 Å². The number of hydrogen-bond donors (Lipinski definition) is 0. The fourth-order valence-corrected chi connectivity index (χ4v) is 2.31. The molecule has 0 unspecified atom stereocenters. The van der Waals surface area contributed by atoms with Gasteiger partial charge in [0.25, 0.3) is 0 Å². The summed E-state index contributed by atoms with van der Waals surface area (Å²) in [6, 6.07) is 0. The third-order valence-electron chi connectivity index (χ3n) is 3.51. The molecule has 1 heteroatoms. The van der Waals surface area contributed by atoms with Crippen molar-refractivity contribution in [2.45, 2.75) is 96.8 Å². The number of Topliss-reactive ketones (excluding diaryl/α,β-unsaturated/α-hetero) is 1. The zero-order chi connectivity index (χ0) is 13.5. The van der Waals surface area contributed by atoms with Gasteiger partial charge in [-0.2, -0.15) is 0 Å². The average molecular weight is 253 g/mol. The number of ketones is 1. The molecule has 0 aromatic rings. The van der Waals surface area contributed by atoms with Gasteiger partial charge in [-0.05, 0) is 12.8 Å². The van der Waals surface area contributed by atoms with Crippen LogP contribution in [-0.4, -0.2) is 5.78 Å². The van der Waals surface area contributed by atoms with Gasteiger partial charge in [0, 0.05) is 12.8 Å². The second-order valence-corrected chi connectivity index (χ2v) is 5.43. The SMILES string of the molecule is [CH2]CCC(=O)CCCCCCCCCCCCC. The molecular weight excluding hydrogens is 220 g/mol. The Morgan fingerprint density at radius 1 is 0.722 bits per heavy atom. The van der Waals surface area contributed by atoms with Gasteiger partial charge in [-0.25, -0.2) is 0 Å². The summed E-state index contributed by atoms with van der Waals surface area (Å²) in [5.41, 5.74) is 0. The highest BCUT2D eigenvalue weighted by Crippen LogP contribution is 2.12. The van der Waals surface area contributed by atoms with E-state index >= 15 is 0 Å². The minimum atomic E-state index is 0.404. The number of unbranched alkanes of at least 4 members (excludes halogenated alkanes) is 10. The second kappa shape index (κ2) is 14.7. The molecule has 0 spiro atoms. The van der Waals surface area contributed by atoms with Crippen LogP contribution >= 0.6 is 0 Å². The van der Waals surface area contributed by atoms with Crippen LogP contribution in [0.15, 0.2) is 0 Å². The van der Waals surface area contributed by atoms with Gasteiger partial charge in [0.2, 0.25) is 0 Å². The Morgan fingerprint density at radius 3 is 1.61 bits per heavy atom. The predicted molar refractivity (Wildman–Crippen MR) is 80.7 cm³/mol. The van der Waals surface area contributed by atoms with Crippen molar-refractivity contribution in [2.24, 2.45) is 0 Å². The van der Waals surface area contributed by atoms with E-state index < -0.39 is 0 Å². The first kappa shape index (κ1) is 17.7. The highest BCUT2D eigenvalue weighted by molar-refractivity contribution is 5.78. The topological polar surface area (TPSA) is 17.1 Å². The normalized spacial score (nSPS) is 10.8. The molecule has 0 aliphatic carbocycles. The Kier molecular flexibility index (Phi) is 14.5. The maximum atomic E-state index is 11.3. The standard InChI is InChI=1S/C17H33O/c1-3-5-6-7-8-9-10-11-12-13-14-16-17(18)15-4-2/h2-16H2,1H3. The van der Waals surface area contributed by atoms with Crippen molar-refractivity contribution in [1.82, 2.24) is 0 Å². The van der Waals surface area contributed by atoms with Crippen LogP contribution in [0.25, 0.3) is 0 Å². The highest BCUT2D eigenvalue weighted by atomic mass is 16.1. The Morgan fingerprint density at radius 2 is 1.17 bits per heavy atom. The van der Waals surface area contributed by atoms with Crippen molar-refractivity contribution in [2.75, 3.05) is 0 Å². The van der Waals surface area contributed by atoms with Gasteiger partial charge in [-0.3, -0.25) is 4.79 Å². The minimum Gasteiger partial charge on any atom is -0.300 e. The predicted octanol–water partition coefficient (Wildman–Crippen LogP) is 5.87. The van der Waals surface area contributed by atoms with Gasteiger partial charge in [0.15, 0.2) is 0 Å². The Hall–Kier alpha value is -0.330. The molecule has 0 aliphatic rings. The first-order chi connectivity index (χ1) is 8.81. The molecule has 107 valence electrons. The minimum absolute atomic E-state index is 0.404. The summed E-state index contributed by atoms with van der Waals surface area (Å²) in [7, 11) is 0.